The molecule has 1 aromatic rings. The highest BCUT2D eigenvalue weighted by Crippen LogP contribution is 2.19. The second kappa shape index (κ2) is 6.94. The van der Waals surface area contributed by atoms with Gasteiger partial charge in [0.25, 0.3) is 0 Å². The first-order valence-corrected chi connectivity index (χ1v) is 6.16. The van der Waals surface area contributed by atoms with Crippen LogP contribution in [0.5, 0.6) is 5.75 Å². The quantitative estimate of drug-likeness (QED) is 0.450. The fraction of sp³-hybridized carbons (Fsp3) is 0.455. The highest BCUT2D eigenvalue weighted by molar-refractivity contribution is 9.08. The molecule has 0 N–H and O–H groups in total. The van der Waals surface area contributed by atoms with Crippen LogP contribution in [0.1, 0.15) is 5.56 Å². The number of benzene rings is 1. The zero-order valence-electron chi connectivity index (χ0n) is 9.27. The van der Waals surface area contributed by atoms with Crippen LogP contribution in [0, 0.1) is 5.82 Å². The van der Waals surface area contributed by atoms with Gasteiger partial charge < -0.3 is 9.47 Å². The number of halogens is 5. The molecule has 0 saturated heterocycles. The summed E-state index contributed by atoms with van der Waals surface area (Å²) in [6.07, 6.45) is -4.36. The molecule has 0 spiro atoms. The van der Waals surface area contributed by atoms with Crippen LogP contribution >= 0.6 is 15.9 Å². The predicted octanol–water partition coefficient (Wildman–Crippen LogP) is 3.68. The molecule has 1 aromatic carbocycles. The number of rotatable bonds is 6. The van der Waals surface area contributed by atoms with Crippen LogP contribution < -0.4 is 4.74 Å². The van der Waals surface area contributed by atoms with E-state index >= 15 is 0 Å². The van der Waals surface area contributed by atoms with E-state index in [4.69, 9.17) is 4.74 Å². The molecule has 0 fully saturated rings. The van der Waals surface area contributed by atoms with E-state index in [1.165, 1.54) is 12.1 Å². The van der Waals surface area contributed by atoms with E-state index < -0.39 is 18.6 Å². The van der Waals surface area contributed by atoms with Crippen molar-refractivity contribution in [3.05, 3.63) is 29.6 Å². The lowest BCUT2D eigenvalue weighted by Crippen LogP contribution is -2.19. The molecule has 102 valence electrons. The molecule has 0 unspecified atom stereocenters. The van der Waals surface area contributed by atoms with Crippen molar-refractivity contribution in [1.82, 2.24) is 0 Å². The molecule has 0 aliphatic carbocycles. The van der Waals surface area contributed by atoms with Crippen LogP contribution in [0.4, 0.5) is 17.6 Å². The molecular weight excluding hydrogens is 320 g/mol. The highest BCUT2D eigenvalue weighted by Gasteiger charge is 2.27. The fourth-order valence-electron chi connectivity index (χ4n) is 1.14. The maximum absolute atomic E-state index is 13.4. The summed E-state index contributed by atoms with van der Waals surface area (Å²) >= 11 is 3.17. The van der Waals surface area contributed by atoms with Crippen molar-refractivity contribution < 1.29 is 27.0 Å². The Balaban J connectivity index is 2.31. The van der Waals surface area contributed by atoms with E-state index in [1.54, 1.807) is 6.07 Å². The number of ether oxygens (including phenoxy) is 2. The van der Waals surface area contributed by atoms with Gasteiger partial charge in [0.15, 0.2) is 11.6 Å². The van der Waals surface area contributed by atoms with Crippen molar-refractivity contribution in [2.45, 2.75) is 11.5 Å². The zero-order valence-corrected chi connectivity index (χ0v) is 10.9. The van der Waals surface area contributed by atoms with Crippen molar-refractivity contribution in [3.63, 3.8) is 0 Å². The Morgan fingerprint density at radius 3 is 2.44 bits per heavy atom. The average molecular weight is 331 g/mol. The first-order valence-electron chi connectivity index (χ1n) is 5.04. The largest absolute Gasteiger partial charge is 0.488 e. The van der Waals surface area contributed by atoms with Gasteiger partial charge in [0.2, 0.25) is 0 Å². The molecule has 2 nitrogen and oxygen atoms in total. The molecule has 0 aliphatic heterocycles. The lowest BCUT2D eigenvalue weighted by molar-refractivity contribution is -0.175. The van der Waals surface area contributed by atoms with Crippen molar-refractivity contribution in [1.29, 1.82) is 0 Å². The van der Waals surface area contributed by atoms with E-state index in [-0.39, 0.29) is 19.0 Å². The van der Waals surface area contributed by atoms with E-state index in [9.17, 15) is 17.6 Å². The number of alkyl halides is 4. The van der Waals surface area contributed by atoms with E-state index in [1.807, 2.05) is 0 Å². The van der Waals surface area contributed by atoms with Gasteiger partial charge in [0.1, 0.15) is 13.2 Å². The smallest absolute Gasteiger partial charge is 0.411 e. The molecule has 0 bridgehead atoms. The van der Waals surface area contributed by atoms with Crippen LogP contribution in [0.2, 0.25) is 0 Å². The third kappa shape index (κ3) is 5.68. The van der Waals surface area contributed by atoms with Crippen LogP contribution in [0.3, 0.4) is 0 Å². The Labute approximate surface area is 110 Å². The molecule has 0 heterocycles. The Morgan fingerprint density at radius 1 is 1.17 bits per heavy atom. The van der Waals surface area contributed by atoms with Gasteiger partial charge >= 0.3 is 6.18 Å². The van der Waals surface area contributed by atoms with Crippen molar-refractivity contribution >= 4 is 15.9 Å². The molecule has 18 heavy (non-hydrogen) atoms. The second-order valence-electron chi connectivity index (χ2n) is 3.41. The molecule has 0 amide bonds. The number of hydrogen-bond acceptors (Lipinski definition) is 2. The lowest BCUT2D eigenvalue weighted by atomic mass is 10.2. The van der Waals surface area contributed by atoms with Crippen LogP contribution in [-0.4, -0.2) is 26.0 Å². The van der Waals surface area contributed by atoms with Crippen LogP contribution in [-0.2, 0) is 10.1 Å². The Hall–Kier alpha value is -0.820. The normalized spacial score (nSPS) is 11.6. The molecule has 0 radical (unpaired) electrons. The van der Waals surface area contributed by atoms with Crippen LogP contribution in [0.25, 0.3) is 0 Å². The Morgan fingerprint density at radius 2 is 1.89 bits per heavy atom. The summed E-state index contributed by atoms with van der Waals surface area (Å²) in [5.41, 5.74) is 0.744. The van der Waals surface area contributed by atoms with Gasteiger partial charge in [-0.3, -0.25) is 0 Å². The standard InChI is InChI=1S/C11H11BrF4O2/c12-6-8-1-2-10(9(13)5-8)18-4-3-17-7-11(14,15)16/h1-2,5H,3-4,6-7H2. The summed E-state index contributed by atoms with van der Waals surface area (Å²) in [5, 5.41) is 0.513. The molecule has 7 heteroatoms. The average Bonchev–Trinajstić information content (AvgIpc) is 2.29. The van der Waals surface area contributed by atoms with Crippen molar-refractivity contribution in [2.75, 3.05) is 19.8 Å². The van der Waals surface area contributed by atoms with Crippen molar-refractivity contribution in [2.24, 2.45) is 0 Å². The Bertz CT molecular complexity index is 382. The van der Waals surface area contributed by atoms with E-state index in [0.29, 0.717) is 5.33 Å². The fourth-order valence-corrected chi connectivity index (χ4v) is 1.49. The van der Waals surface area contributed by atoms with E-state index in [0.717, 1.165) is 5.56 Å². The van der Waals surface area contributed by atoms with Gasteiger partial charge in [-0.1, -0.05) is 22.0 Å². The third-order valence-electron chi connectivity index (χ3n) is 1.90. The maximum Gasteiger partial charge on any atom is 0.411 e. The minimum absolute atomic E-state index is 0.00434. The first kappa shape index (κ1) is 15.2. The summed E-state index contributed by atoms with van der Waals surface area (Å²) in [7, 11) is 0. The predicted molar refractivity (Wildman–Crippen MR) is 61.4 cm³/mol. The summed E-state index contributed by atoms with van der Waals surface area (Å²) in [5.74, 6) is -0.557. The summed E-state index contributed by atoms with van der Waals surface area (Å²) in [4.78, 5) is 0. The van der Waals surface area contributed by atoms with Gasteiger partial charge in [0.05, 0.1) is 6.61 Å². The maximum atomic E-state index is 13.4. The molecule has 0 aliphatic rings. The van der Waals surface area contributed by atoms with Crippen molar-refractivity contribution in [3.8, 4) is 5.75 Å². The van der Waals surface area contributed by atoms with Gasteiger partial charge in [-0.05, 0) is 17.7 Å². The van der Waals surface area contributed by atoms with Crippen LogP contribution in [0.15, 0.2) is 18.2 Å². The summed E-state index contributed by atoms with van der Waals surface area (Å²) < 4.78 is 57.8. The summed E-state index contributed by atoms with van der Waals surface area (Å²) in [6, 6.07) is 4.38. The second-order valence-corrected chi connectivity index (χ2v) is 3.98. The zero-order chi connectivity index (χ0) is 13.6. The summed E-state index contributed by atoms with van der Waals surface area (Å²) in [6.45, 7) is -1.72. The van der Waals surface area contributed by atoms with Gasteiger partial charge in [0, 0.05) is 5.33 Å². The monoisotopic (exact) mass is 330 g/mol. The molecule has 0 atom stereocenters. The SMILES string of the molecule is Fc1cc(CBr)ccc1OCCOCC(F)(F)F. The van der Waals surface area contributed by atoms with Gasteiger partial charge in [-0.25, -0.2) is 4.39 Å². The Kier molecular flexibility index (Phi) is 5.87. The molecule has 0 aromatic heterocycles. The van der Waals surface area contributed by atoms with Gasteiger partial charge in [-0.2, -0.15) is 13.2 Å². The topological polar surface area (TPSA) is 18.5 Å². The highest BCUT2D eigenvalue weighted by atomic mass is 79.9. The number of hydrogen-bond donors (Lipinski definition) is 0. The lowest BCUT2D eigenvalue weighted by Gasteiger charge is -2.10. The molecule has 0 saturated carbocycles. The third-order valence-corrected chi connectivity index (χ3v) is 2.55. The van der Waals surface area contributed by atoms with E-state index in [2.05, 4.69) is 20.7 Å². The molecular formula is C11H11BrF4O2. The minimum Gasteiger partial charge on any atom is -0.488 e. The van der Waals surface area contributed by atoms with Gasteiger partial charge in [-0.15, -0.1) is 0 Å². The molecule has 1 rings (SSSR count). The first-order chi connectivity index (χ1) is 8.42. The minimum atomic E-state index is -4.36.